The minimum Gasteiger partial charge on any atom is -0.398 e. The molecule has 0 atom stereocenters. The second-order valence-corrected chi connectivity index (χ2v) is 4.97. The fourth-order valence-electron chi connectivity index (χ4n) is 1.91. The Bertz CT molecular complexity index is 596. The maximum absolute atomic E-state index is 12.8. The highest BCUT2D eigenvalue weighted by Crippen LogP contribution is 2.37. The summed E-state index contributed by atoms with van der Waals surface area (Å²) in [6.45, 7) is 2.93. The number of carbonyl (C=O) groups excluding carboxylic acids is 2. The van der Waals surface area contributed by atoms with Crippen LogP contribution >= 0.6 is 0 Å². The van der Waals surface area contributed by atoms with Crippen LogP contribution < -0.4 is 16.0 Å². The second-order valence-electron chi connectivity index (χ2n) is 4.97. The Morgan fingerprint density at radius 1 is 1.25 bits per heavy atom. The predicted molar refractivity (Wildman–Crippen MR) is 66.0 cm³/mol. The van der Waals surface area contributed by atoms with Crippen LogP contribution in [0, 0.1) is 0 Å². The van der Waals surface area contributed by atoms with Crippen molar-refractivity contribution in [2.24, 2.45) is 0 Å². The lowest BCUT2D eigenvalue weighted by Crippen LogP contribution is -2.40. The normalized spacial score (nSPS) is 18.4. The number of nitrogen functional groups attached to an aromatic ring is 1. The lowest BCUT2D eigenvalue weighted by Gasteiger charge is -2.18. The number of carbonyl (C=O) groups is 2. The zero-order chi connectivity index (χ0) is 15.3. The van der Waals surface area contributed by atoms with Gasteiger partial charge in [-0.2, -0.15) is 13.2 Å². The molecule has 0 radical (unpaired) electrons. The van der Waals surface area contributed by atoms with E-state index in [4.69, 9.17) is 5.73 Å². The smallest absolute Gasteiger partial charge is 0.398 e. The Balaban J connectivity index is 2.50. The topological polar surface area (TPSA) is 75.4 Å². The molecule has 1 aromatic carbocycles. The van der Waals surface area contributed by atoms with Gasteiger partial charge in [0, 0.05) is 5.69 Å². The first-order valence-electron chi connectivity index (χ1n) is 5.67. The van der Waals surface area contributed by atoms with Gasteiger partial charge in [-0.15, -0.1) is 0 Å². The van der Waals surface area contributed by atoms with Crippen molar-refractivity contribution in [1.82, 2.24) is 5.32 Å². The van der Waals surface area contributed by atoms with Crippen molar-refractivity contribution in [3.63, 3.8) is 0 Å². The van der Waals surface area contributed by atoms with Crippen LogP contribution in [0.5, 0.6) is 0 Å². The van der Waals surface area contributed by atoms with Crippen molar-refractivity contribution < 1.29 is 22.8 Å². The zero-order valence-electron chi connectivity index (χ0n) is 10.7. The average Bonchev–Trinajstić information content (AvgIpc) is 2.48. The summed E-state index contributed by atoms with van der Waals surface area (Å²) >= 11 is 0. The number of hydrogen-bond acceptors (Lipinski definition) is 3. The van der Waals surface area contributed by atoms with E-state index in [0.717, 1.165) is 6.07 Å². The lowest BCUT2D eigenvalue weighted by molar-refractivity contribution is -0.137. The van der Waals surface area contributed by atoms with E-state index in [1.54, 1.807) is 0 Å². The number of amides is 3. The summed E-state index contributed by atoms with van der Waals surface area (Å²) < 4.78 is 38.3. The monoisotopic (exact) mass is 287 g/mol. The van der Waals surface area contributed by atoms with Crippen molar-refractivity contribution >= 4 is 23.3 Å². The molecule has 1 saturated heterocycles. The number of imide groups is 1. The summed E-state index contributed by atoms with van der Waals surface area (Å²) in [5, 5.41) is 2.39. The third-order valence-electron chi connectivity index (χ3n) is 2.96. The number of urea groups is 1. The first-order valence-corrected chi connectivity index (χ1v) is 5.67. The highest BCUT2D eigenvalue weighted by atomic mass is 19.4. The molecule has 0 saturated carbocycles. The molecule has 0 unspecified atom stereocenters. The summed E-state index contributed by atoms with van der Waals surface area (Å²) in [5.41, 5.74) is 2.40. The van der Waals surface area contributed by atoms with Crippen molar-refractivity contribution in [1.29, 1.82) is 0 Å². The minimum absolute atomic E-state index is 0.167. The Morgan fingerprint density at radius 3 is 2.30 bits per heavy atom. The van der Waals surface area contributed by atoms with Crippen LogP contribution in [-0.4, -0.2) is 17.5 Å². The number of nitrogens with one attached hydrogen (secondary N) is 1. The summed E-state index contributed by atoms with van der Waals surface area (Å²) in [6, 6.07) is 2.14. The van der Waals surface area contributed by atoms with Gasteiger partial charge in [0.15, 0.2) is 0 Å². The van der Waals surface area contributed by atoms with Crippen LogP contribution in [0.3, 0.4) is 0 Å². The van der Waals surface area contributed by atoms with Crippen molar-refractivity contribution in [2.45, 2.75) is 25.6 Å². The molecule has 108 valence electrons. The number of anilines is 2. The number of nitrogens with two attached hydrogens (primary N) is 1. The molecule has 2 rings (SSSR count). The molecule has 5 nitrogen and oxygen atoms in total. The number of nitrogens with zero attached hydrogens (tertiary/aromatic N) is 1. The maximum atomic E-state index is 12.8. The van der Waals surface area contributed by atoms with E-state index >= 15 is 0 Å². The average molecular weight is 287 g/mol. The Morgan fingerprint density at radius 2 is 1.85 bits per heavy atom. The molecular formula is C12H12F3N3O2. The van der Waals surface area contributed by atoms with E-state index in [0.29, 0.717) is 11.0 Å². The summed E-state index contributed by atoms with van der Waals surface area (Å²) in [7, 11) is 0. The third-order valence-corrected chi connectivity index (χ3v) is 2.96. The Labute approximate surface area is 112 Å². The van der Waals surface area contributed by atoms with E-state index in [1.807, 2.05) is 0 Å². The SMILES string of the molecule is CC1(C)NC(=O)N(c2ccc(N)c(C(F)(F)F)c2)C1=O. The largest absolute Gasteiger partial charge is 0.418 e. The number of rotatable bonds is 1. The molecule has 1 aromatic rings. The van der Waals surface area contributed by atoms with E-state index in [2.05, 4.69) is 5.32 Å². The van der Waals surface area contributed by atoms with E-state index in [-0.39, 0.29) is 5.69 Å². The van der Waals surface area contributed by atoms with E-state index in [9.17, 15) is 22.8 Å². The number of benzene rings is 1. The number of halogens is 3. The van der Waals surface area contributed by atoms with Gasteiger partial charge in [0.25, 0.3) is 5.91 Å². The van der Waals surface area contributed by atoms with Gasteiger partial charge < -0.3 is 11.1 Å². The third kappa shape index (κ3) is 2.17. The molecule has 1 aliphatic rings. The summed E-state index contributed by atoms with van der Waals surface area (Å²) in [5.74, 6) is -0.625. The van der Waals surface area contributed by atoms with Crippen LogP contribution in [0.25, 0.3) is 0 Å². The first kappa shape index (κ1) is 14.2. The van der Waals surface area contributed by atoms with Gasteiger partial charge in [0.05, 0.1) is 11.3 Å². The molecule has 0 aliphatic carbocycles. The molecule has 3 N–H and O–H groups in total. The predicted octanol–water partition coefficient (Wildman–Crippen LogP) is 2.12. The molecule has 0 spiro atoms. The van der Waals surface area contributed by atoms with Crippen LogP contribution in [0.1, 0.15) is 19.4 Å². The molecule has 1 heterocycles. The highest BCUT2D eigenvalue weighted by Gasteiger charge is 2.45. The Hall–Kier alpha value is -2.25. The summed E-state index contributed by atoms with van der Waals surface area (Å²) in [4.78, 5) is 24.4. The molecule has 20 heavy (non-hydrogen) atoms. The van der Waals surface area contributed by atoms with Crippen LogP contribution in [0.15, 0.2) is 18.2 Å². The zero-order valence-corrected chi connectivity index (χ0v) is 10.7. The van der Waals surface area contributed by atoms with Gasteiger partial charge in [0.2, 0.25) is 0 Å². The maximum Gasteiger partial charge on any atom is 0.418 e. The van der Waals surface area contributed by atoms with Gasteiger partial charge in [-0.1, -0.05) is 0 Å². The quantitative estimate of drug-likeness (QED) is 0.613. The van der Waals surface area contributed by atoms with Crippen LogP contribution in [0.2, 0.25) is 0 Å². The van der Waals surface area contributed by atoms with Crippen molar-refractivity contribution in [2.75, 3.05) is 10.6 Å². The van der Waals surface area contributed by atoms with Gasteiger partial charge >= 0.3 is 12.2 Å². The Kier molecular flexibility index (Phi) is 2.92. The lowest BCUT2D eigenvalue weighted by atomic mass is 10.1. The fourth-order valence-corrected chi connectivity index (χ4v) is 1.91. The molecule has 0 aromatic heterocycles. The molecular weight excluding hydrogens is 275 g/mol. The van der Waals surface area contributed by atoms with Crippen LogP contribution in [-0.2, 0) is 11.0 Å². The number of alkyl halides is 3. The highest BCUT2D eigenvalue weighted by molar-refractivity contribution is 6.23. The second kappa shape index (κ2) is 4.12. The minimum atomic E-state index is -4.66. The standard InChI is InChI=1S/C12H12F3N3O2/c1-11(2)9(19)18(10(20)17-11)6-3-4-8(16)7(5-6)12(13,14)15/h3-5H,16H2,1-2H3,(H,17,20). The van der Waals surface area contributed by atoms with E-state index < -0.39 is 34.9 Å². The van der Waals surface area contributed by atoms with Gasteiger partial charge in [0.1, 0.15) is 5.54 Å². The van der Waals surface area contributed by atoms with Gasteiger partial charge in [-0.3, -0.25) is 4.79 Å². The molecule has 0 bridgehead atoms. The van der Waals surface area contributed by atoms with E-state index in [1.165, 1.54) is 19.9 Å². The molecule has 3 amide bonds. The molecule has 1 aliphatic heterocycles. The van der Waals surface area contributed by atoms with Crippen LogP contribution in [0.4, 0.5) is 29.3 Å². The molecule has 1 fully saturated rings. The van der Waals surface area contributed by atoms with Crippen molar-refractivity contribution in [3.8, 4) is 0 Å². The van der Waals surface area contributed by atoms with Gasteiger partial charge in [-0.25, -0.2) is 9.69 Å². The summed E-state index contributed by atoms with van der Waals surface area (Å²) in [6.07, 6.45) is -4.66. The molecule has 8 heteroatoms. The van der Waals surface area contributed by atoms with Gasteiger partial charge in [-0.05, 0) is 32.0 Å². The number of hydrogen-bond donors (Lipinski definition) is 2. The van der Waals surface area contributed by atoms with Crippen molar-refractivity contribution in [3.05, 3.63) is 23.8 Å². The fraction of sp³-hybridized carbons (Fsp3) is 0.333. The first-order chi connectivity index (χ1) is 9.04.